The molecule has 0 radical (unpaired) electrons. The highest BCUT2D eigenvalue weighted by atomic mass is 14.6. The van der Waals surface area contributed by atoms with E-state index in [0.29, 0.717) is 0 Å². The van der Waals surface area contributed by atoms with Gasteiger partial charge < -0.3 is 0 Å². The molecule has 0 unspecified atom stereocenters. The van der Waals surface area contributed by atoms with Crippen LogP contribution in [0, 0.1) is 0 Å². The van der Waals surface area contributed by atoms with Gasteiger partial charge in [-0.3, -0.25) is 4.98 Å². The van der Waals surface area contributed by atoms with Gasteiger partial charge in [0, 0.05) is 11.6 Å². The lowest BCUT2D eigenvalue weighted by atomic mass is 9.98. The van der Waals surface area contributed by atoms with Gasteiger partial charge in [-0.2, -0.15) is 0 Å². The molecule has 0 fully saturated rings. The predicted octanol–water partition coefficient (Wildman–Crippen LogP) is 5.63. The van der Waals surface area contributed by atoms with Gasteiger partial charge in [0.1, 0.15) is 0 Å². The predicted molar refractivity (Wildman–Crippen MR) is 90.4 cm³/mol. The molecule has 0 N–H and O–H groups in total. The minimum Gasteiger partial charge on any atom is -0.256 e. The van der Waals surface area contributed by atoms with Crippen LogP contribution >= 0.6 is 0 Å². The number of rotatable bonds is 5. The van der Waals surface area contributed by atoms with E-state index < -0.39 is 0 Å². The number of benzene rings is 2. The van der Waals surface area contributed by atoms with E-state index in [2.05, 4.69) is 66.5 Å². The third kappa shape index (κ3) is 3.13. The first-order valence-corrected chi connectivity index (χ1v) is 7.81. The Balaban J connectivity index is 2.02. The second-order valence-electron chi connectivity index (χ2n) is 5.53. The SMILES string of the molecule is CCCCCc1ccc2nccc(-c3ccccc3)c2c1. The van der Waals surface area contributed by atoms with Gasteiger partial charge in [0.25, 0.3) is 0 Å². The maximum atomic E-state index is 4.50. The van der Waals surface area contributed by atoms with Crippen molar-refractivity contribution in [1.82, 2.24) is 4.98 Å². The summed E-state index contributed by atoms with van der Waals surface area (Å²) < 4.78 is 0. The fraction of sp³-hybridized carbons (Fsp3) is 0.250. The Bertz CT molecular complexity index is 716. The van der Waals surface area contributed by atoms with Crippen LogP contribution in [-0.4, -0.2) is 4.98 Å². The Morgan fingerprint density at radius 3 is 2.57 bits per heavy atom. The summed E-state index contributed by atoms with van der Waals surface area (Å²) in [6.07, 6.45) is 6.90. The zero-order chi connectivity index (χ0) is 14.5. The zero-order valence-electron chi connectivity index (χ0n) is 12.5. The molecule has 0 saturated heterocycles. The summed E-state index contributed by atoms with van der Waals surface area (Å²) in [5.41, 5.74) is 5.03. The second-order valence-corrected chi connectivity index (χ2v) is 5.53. The van der Waals surface area contributed by atoms with Gasteiger partial charge in [-0.05, 0) is 47.7 Å². The quantitative estimate of drug-likeness (QED) is 0.549. The Morgan fingerprint density at radius 1 is 0.905 bits per heavy atom. The Morgan fingerprint density at radius 2 is 1.76 bits per heavy atom. The molecule has 21 heavy (non-hydrogen) atoms. The molecular weight excluding hydrogens is 254 g/mol. The van der Waals surface area contributed by atoms with Gasteiger partial charge in [0.15, 0.2) is 0 Å². The van der Waals surface area contributed by atoms with Crippen LogP contribution in [0.15, 0.2) is 60.8 Å². The van der Waals surface area contributed by atoms with Gasteiger partial charge in [-0.15, -0.1) is 0 Å². The Kier molecular flexibility index (Phi) is 4.30. The van der Waals surface area contributed by atoms with Crippen LogP contribution < -0.4 is 0 Å². The third-order valence-electron chi connectivity index (χ3n) is 3.96. The highest BCUT2D eigenvalue weighted by molar-refractivity contribution is 5.94. The summed E-state index contributed by atoms with van der Waals surface area (Å²) in [5, 5.41) is 1.26. The summed E-state index contributed by atoms with van der Waals surface area (Å²) in [6, 6.07) is 19.4. The van der Waals surface area contributed by atoms with Crippen LogP contribution in [0.25, 0.3) is 22.0 Å². The van der Waals surface area contributed by atoms with Crippen LogP contribution in [0.2, 0.25) is 0 Å². The molecule has 1 heterocycles. The molecule has 0 atom stereocenters. The molecule has 3 rings (SSSR count). The number of aromatic nitrogens is 1. The monoisotopic (exact) mass is 275 g/mol. The minimum absolute atomic E-state index is 1.08. The molecule has 0 spiro atoms. The number of hydrogen-bond donors (Lipinski definition) is 0. The fourth-order valence-corrected chi connectivity index (χ4v) is 2.80. The molecule has 1 aromatic heterocycles. The summed E-state index contributed by atoms with van der Waals surface area (Å²) >= 11 is 0. The number of fused-ring (bicyclic) bond motifs is 1. The zero-order valence-corrected chi connectivity index (χ0v) is 12.5. The van der Waals surface area contributed by atoms with Gasteiger partial charge in [0.05, 0.1) is 5.52 Å². The molecule has 0 amide bonds. The highest BCUT2D eigenvalue weighted by Gasteiger charge is 2.05. The van der Waals surface area contributed by atoms with E-state index in [9.17, 15) is 0 Å². The van der Waals surface area contributed by atoms with Crippen molar-refractivity contribution in [1.29, 1.82) is 0 Å². The maximum absolute atomic E-state index is 4.50. The average molecular weight is 275 g/mol. The highest BCUT2D eigenvalue weighted by Crippen LogP contribution is 2.28. The largest absolute Gasteiger partial charge is 0.256 e. The van der Waals surface area contributed by atoms with Crippen molar-refractivity contribution in [2.75, 3.05) is 0 Å². The van der Waals surface area contributed by atoms with E-state index >= 15 is 0 Å². The van der Waals surface area contributed by atoms with Crippen molar-refractivity contribution in [2.24, 2.45) is 0 Å². The maximum Gasteiger partial charge on any atom is 0.0708 e. The topological polar surface area (TPSA) is 12.9 Å². The number of pyridine rings is 1. The lowest BCUT2D eigenvalue weighted by Gasteiger charge is -2.08. The van der Waals surface area contributed by atoms with Crippen molar-refractivity contribution in [3.63, 3.8) is 0 Å². The number of nitrogens with zero attached hydrogens (tertiary/aromatic N) is 1. The van der Waals surface area contributed by atoms with Crippen LogP contribution in [0.5, 0.6) is 0 Å². The molecule has 0 aliphatic carbocycles. The van der Waals surface area contributed by atoms with Crippen molar-refractivity contribution in [2.45, 2.75) is 32.6 Å². The molecule has 106 valence electrons. The van der Waals surface area contributed by atoms with Crippen LogP contribution in [-0.2, 0) is 6.42 Å². The minimum atomic E-state index is 1.08. The molecule has 0 saturated carbocycles. The summed E-state index contributed by atoms with van der Waals surface area (Å²) in [5.74, 6) is 0. The van der Waals surface area contributed by atoms with E-state index in [1.54, 1.807) is 0 Å². The van der Waals surface area contributed by atoms with Gasteiger partial charge >= 0.3 is 0 Å². The van der Waals surface area contributed by atoms with Gasteiger partial charge in [-0.25, -0.2) is 0 Å². The first kappa shape index (κ1) is 13.8. The lowest BCUT2D eigenvalue weighted by molar-refractivity contribution is 0.718. The molecule has 2 aromatic carbocycles. The lowest BCUT2D eigenvalue weighted by Crippen LogP contribution is -1.89. The van der Waals surface area contributed by atoms with E-state index in [-0.39, 0.29) is 0 Å². The van der Waals surface area contributed by atoms with Gasteiger partial charge in [-0.1, -0.05) is 56.2 Å². The summed E-state index contributed by atoms with van der Waals surface area (Å²) in [7, 11) is 0. The van der Waals surface area contributed by atoms with Crippen LogP contribution in [0.4, 0.5) is 0 Å². The smallest absolute Gasteiger partial charge is 0.0708 e. The average Bonchev–Trinajstić information content (AvgIpc) is 2.55. The van der Waals surface area contributed by atoms with E-state index in [4.69, 9.17) is 0 Å². The normalized spacial score (nSPS) is 10.9. The Labute approximate surface area is 126 Å². The third-order valence-corrected chi connectivity index (χ3v) is 3.96. The number of aryl methyl sites for hydroxylation is 1. The van der Waals surface area contributed by atoms with Crippen molar-refractivity contribution >= 4 is 10.9 Å². The summed E-state index contributed by atoms with van der Waals surface area (Å²) in [4.78, 5) is 4.50. The molecule has 0 aliphatic rings. The first-order chi connectivity index (χ1) is 10.4. The van der Waals surface area contributed by atoms with Crippen molar-refractivity contribution < 1.29 is 0 Å². The van der Waals surface area contributed by atoms with E-state index in [0.717, 1.165) is 11.9 Å². The number of unbranched alkanes of at least 4 members (excludes halogenated alkanes) is 2. The van der Waals surface area contributed by atoms with Crippen LogP contribution in [0.3, 0.4) is 0 Å². The van der Waals surface area contributed by atoms with E-state index in [1.807, 2.05) is 6.20 Å². The summed E-state index contributed by atoms with van der Waals surface area (Å²) in [6.45, 7) is 2.25. The molecule has 1 heteroatoms. The standard InChI is InChI=1S/C20H21N/c1-2-3-5-8-16-11-12-20-19(15-16)18(13-14-21-20)17-9-6-4-7-10-17/h4,6-7,9-15H,2-3,5,8H2,1H3. The molecule has 3 aromatic rings. The first-order valence-electron chi connectivity index (χ1n) is 7.81. The second kappa shape index (κ2) is 6.53. The van der Waals surface area contributed by atoms with Crippen LogP contribution in [0.1, 0.15) is 31.7 Å². The Hall–Kier alpha value is -2.15. The number of hydrogen-bond acceptors (Lipinski definition) is 1. The fourth-order valence-electron chi connectivity index (χ4n) is 2.80. The van der Waals surface area contributed by atoms with E-state index in [1.165, 1.54) is 41.3 Å². The van der Waals surface area contributed by atoms with Gasteiger partial charge in [0.2, 0.25) is 0 Å². The van der Waals surface area contributed by atoms with Crippen molar-refractivity contribution in [3.8, 4) is 11.1 Å². The molecule has 0 aliphatic heterocycles. The molecule has 0 bridgehead atoms. The van der Waals surface area contributed by atoms with Crippen molar-refractivity contribution in [3.05, 3.63) is 66.4 Å². The molecular formula is C20H21N. The molecule has 1 nitrogen and oxygen atoms in total.